The number of phosphoric acid groups is 2. The molecule has 0 heterocycles. The number of esters is 4. The molecule has 0 fully saturated rings. The van der Waals surface area contributed by atoms with Gasteiger partial charge in [-0.3, -0.25) is 37.3 Å². The molecule has 534 valence electrons. The number of aliphatic hydroxyl groups excluding tert-OH is 1. The average Bonchev–Trinajstić information content (AvgIpc) is 3.02. The lowest BCUT2D eigenvalue weighted by atomic mass is 9.99. The largest absolute Gasteiger partial charge is 0.472 e. The van der Waals surface area contributed by atoms with E-state index in [1.807, 2.05) is 0 Å². The molecule has 0 bridgehead atoms. The second-order valence-electron chi connectivity index (χ2n) is 26.3. The number of rotatable bonds is 70. The highest BCUT2D eigenvalue weighted by Crippen LogP contribution is 2.45. The van der Waals surface area contributed by atoms with Gasteiger partial charge in [-0.1, -0.05) is 311 Å². The summed E-state index contributed by atoms with van der Waals surface area (Å²) in [7, 11) is -9.90. The van der Waals surface area contributed by atoms with Crippen molar-refractivity contribution in [2.24, 2.45) is 11.8 Å². The van der Waals surface area contributed by atoms with E-state index in [4.69, 9.17) is 37.0 Å². The van der Waals surface area contributed by atoms with Crippen molar-refractivity contribution in [1.29, 1.82) is 0 Å². The molecule has 3 N–H and O–H groups in total. The Morgan fingerprint density at radius 1 is 0.322 bits per heavy atom. The molecule has 0 amide bonds. The van der Waals surface area contributed by atoms with Crippen molar-refractivity contribution in [1.82, 2.24) is 0 Å². The monoisotopic (exact) mass is 1320 g/mol. The van der Waals surface area contributed by atoms with Crippen LogP contribution < -0.4 is 0 Å². The smallest absolute Gasteiger partial charge is 0.462 e. The summed E-state index contributed by atoms with van der Waals surface area (Å²) in [5, 5.41) is 10.6. The molecule has 17 nitrogen and oxygen atoms in total. The molecule has 0 aliphatic heterocycles. The molecule has 0 aliphatic carbocycles. The fourth-order valence-electron chi connectivity index (χ4n) is 10.7. The van der Waals surface area contributed by atoms with Gasteiger partial charge in [-0.2, -0.15) is 0 Å². The number of phosphoric ester groups is 2. The van der Waals surface area contributed by atoms with Crippen molar-refractivity contribution in [2.45, 2.75) is 381 Å². The molecule has 3 unspecified atom stereocenters. The highest BCUT2D eigenvalue weighted by molar-refractivity contribution is 7.47. The van der Waals surface area contributed by atoms with E-state index < -0.39 is 97.5 Å². The molecule has 0 saturated heterocycles. The number of carbonyl (C=O) groups excluding carboxylic acids is 4. The molecule has 0 spiro atoms. The van der Waals surface area contributed by atoms with Crippen molar-refractivity contribution < 1.29 is 80.2 Å². The Morgan fingerprint density at radius 2 is 0.567 bits per heavy atom. The Bertz CT molecular complexity index is 1750. The molecular formula is C71H138O17P2. The van der Waals surface area contributed by atoms with Crippen molar-refractivity contribution in [3.05, 3.63) is 0 Å². The third-order valence-corrected chi connectivity index (χ3v) is 18.7. The van der Waals surface area contributed by atoms with E-state index in [9.17, 15) is 43.2 Å². The highest BCUT2D eigenvalue weighted by Gasteiger charge is 2.30. The molecular weight excluding hydrogens is 1190 g/mol. The second-order valence-corrected chi connectivity index (χ2v) is 29.3. The molecule has 0 saturated carbocycles. The zero-order valence-electron chi connectivity index (χ0n) is 58.4. The van der Waals surface area contributed by atoms with E-state index in [0.29, 0.717) is 25.7 Å². The summed E-state index contributed by atoms with van der Waals surface area (Å²) in [6.07, 6.45) is 48.5. The van der Waals surface area contributed by atoms with Crippen LogP contribution in [0.1, 0.15) is 363 Å². The number of hydrogen-bond donors (Lipinski definition) is 3. The fourth-order valence-corrected chi connectivity index (χ4v) is 12.3. The Morgan fingerprint density at radius 3 is 0.844 bits per heavy atom. The minimum atomic E-state index is -4.95. The Hall–Kier alpha value is -1.94. The first-order valence-corrected chi connectivity index (χ1v) is 40.0. The lowest BCUT2D eigenvalue weighted by Gasteiger charge is -2.21. The molecule has 0 rings (SSSR count). The normalized spacial score (nSPS) is 14.4. The lowest BCUT2D eigenvalue weighted by molar-refractivity contribution is -0.161. The fraction of sp³-hybridized carbons (Fsp3) is 0.944. The van der Waals surface area contributed by atoms with Gasteiger partial charge in [0.05, 0.1) is 26.4 Å². The van der Waals surface area contributed by atoms with Gasteiger partial charge in [-0.05, 0) is 37.5 Å². The van der Waals surface area contributed by atoms with Crippen LogP contribution in [0.3, 0.4) is 0 Å². The molecule has 0 aromatic heterocycles. The first-order valence-electron chi connectivity index (χ1n) is 37.0. The van der Waals surface area contributed by atoms with Crippen LogP contribution in [0.15, 0.2) is 0 Å². The number of hydrogen-bond acceptors (Lipinski definition) is 15. The first kappa shape index (κ1) is 88.1. The maximum atomic E-state index is 13.0. The van der Waals surface area contributed by atoms with Crippen molar-refractivity contribution in [2.75, 3.05) is 39.6 Å². The predicted molar refractivity (Wildman–Crippen MR) is 363 cm³/mol. The van der Waals surface area contributed by atoms with Gasteiger partial charge in [0.2, 0.25) is 0 Å². The van der Waals surface area contributed by atoms with E-state index in [0.717, 1.165) is 108 Å². The van der Waals surface area contributed by atoms with Crippen LogP contribution >= 0.6 is 15.6 Å². The topological polar surface area (TPSA) is 237 Å². The Balaban J connectivity index is 5.21. The Labute approximate surface area is 549 Å². The van der Waals surface area contributed by atoms with Gasteiger partial charge in [0.1, 0.15) is 19.3 Å². The van der Waals surface area contributed by atoms with Gasteiger partial charge in [0, 0.05) is 25.7 Å². The summed E-state index contributed by atoms with van der Waals surface area (Å²) in [6.45, 7) is 9.58. The SMILES string of the molecule is CCCCCCCCCCCCC(=O)O[C@H](COC(=O)CCCCCCCCCC)COP(=O)(O)OC[C@H](O)COP(=O)(O)OC[C@@H](COC(=O)CCCCCCCCCCCCCC(C)C)OC(=O)CCCCCCCCCCCCCCCCC(C)CC. The maximum Gasteiger partial charge on any atom is 0.472 e. The van der Waals surface area contributed by atoms with Crippen LogP contribution in [0, 0.1) is 11.8 Å². The van der Waals surface area contributed by atoms with E-state index in [1.165, 1.54) is 173 Å². The van der Waals surface area contributed by atoms with Crippen LogP contribution in [0.5, 0.6) is 0 Å². The summed E-state index contributed by atoms with van der Waals surface area (Å²) in [4.78, 5) is 72.5. The maximum absolute atomic E-state index is 13.0. The van der Waals surface area contributed by atoms with Gasteiger partial charge < -0.3 is 33.8 Å². The highest BCUT2D eigenvalue weighted by atomic mass is 31.2. The Kier molecular flexibility index (Phi) is 61.8. The van der Waals surface area contributed by atoms with Crippen molar-refractivity contribution in [3.63, 3.8) is 0 Å². The number of aliphatic hydroxyl groups is 1. The average molecular weight is 1330 g/mol. The summed E-state index contributed by atoms with van der Waals surface area (Å²) >= 11 is 0. The summed E-state index contributed by atoms with van der Waals surface area (Å²) in [5.41, 5.74) is 0. The summed E-state index contributed by atoms with van der Waals surface area (Å²) < 4.78 is 68.2. The van der Waals surface area contributed by atoms with Crippen LogP contribution in [-0.2, 0) is 65.4 Å². The minimum absolute atomic E-state index is 0.106. The number of ether oxygens (including phenoxy) is 4. The van der Waals surface area contributed by atoms with Crippen LogP contribution in [0.25, 0.3) is 0 Å². The number of carbonyl (C=O) groups is 4. The third-order valence-electron chi connectivity index (χ3n) is 16.8. The zero-order valence-corrected chi connectivity index (χ0v) is 60.2. The summed E-state index contributed by atoms with van der Waals surface area (Å²) in [5.74, 6) is -0.508. The molecule has 6 atom stereocenters. The van der Waals surface area contributed by atoms with Gasteiger partial charge in [-0.25, -0.2) is 9.13 Å². The van der Waals surface area contributed by atoms with Crippen molar-refractivity contribution >= 4 is 39.5 Å². The predicted octanol–water partition coefficient (Wildman–Crippen LogP) is 20.4. The van der Waals surface area contributed by atoms with Crippen LogP contribution in [0.2, 0.25) is 0 Å². The summed E-state index contributed by atoms with van der Waals surface area (Å²) in [6, 6.07) is 0. The third kappa shape index (κ3) is 63.5. The first-order chi connectivity index (χ1) is 43.4. The van der Waals surface area contributed by atoms with E-state index in [-0.39, 0.29) is 25.7 Å². The second kappa shape index (κ2) is 63.1. The molecule has 19 heteroatoms. The lowest BCUT2D eigenvalue weighted by Crippen LogP contribution is -2.30. The van der Waals surface area contributed by atoms with Crippen molar-refractivity contribution in [3.8, 4) is 0 Å². The molecule has 90 heavy (non-hydrogen) atoms. The van der Waals surface area contributed by atoms with E-state index >= 15 is 0 Å². The molecule has 0 aromatic carbocycles. The standard InChI is InChI=1S/C71H138O17P2/c1-7-10-12-14-16-18-30-37-43-49-55-70(75)87-66(59-81-68(73)53-47-41-35-17-15-13-11-8-2)61-85-89(77,78)83-57-65(72)58-84-90(79,80)86-62-67(60-82-69(74)54-48-42-36-31-27-23-24-28-33-39-45-51-63(4)5)88-71(76)56-50-44-38-32-26-22-20-19-21-25-29-34-40-46-52-64(6)9-3/h63-67,72H,7-62H2,1-6H3,(H,77,78)(H,79,80)/t64?,65-,66+,67+/m0/s1. The number of unbranched alkanes of at least 4 members (excludes halogenated alkanes) is 39. The van der Waals surface area contributed by atoms with Gasteiger partial charge in [0.25, 0.3) is 0 Å². The van der Waals surface area contributed by atoms with E-state index in [1.54, 1.807) is 0 Å². The molecule has 0 aliphatic rings. The van der Waals surface area contributed by atoms with Gasteiger partial charge in [-0.15, -0.1) is 0 Å². The van der Waals surface area contributed by atoms with E-state index in [2.05, 4.69) is 41.5 Å². The zero-order chi connectivity index (χ0) is 66.5. The van der Waals surface area contributed by atoms with Crippen LogP contribution in [0.4, 0.5) is 0 Å². The van der Waals surface area contributed by atoms with Gasteiger partial charge in [0.15, 0.2) is 12.2 Å². The molecule has 0 aromatic rings. The van der Waals surface area contributed by atoms with Crippen LogP contribution in [-0.4, -0.2) is 96.7 Å². The van der Waals surface area contributed by atoms with Gasteiger partial charge >= 0.3 is 39.5 Å². The minimum Gasteiger partial charge on any atom is -0.462 e. The quantitative estimate of drug-likeness (QED) is 0.0222. The molecule has 0 radical (unpaired) electrons.